The minimum atomic E-state index is 0.223. The van der Waals surface area contributed by atoms with E-state index in [0.717, 1.165) is 31.0 Å². The average molecular weight is 328 g/mol. The van der Waals surface area contributed by atoms with E-state index >= 15 is 0 Å². The Kier molecular flexibility index (Phi) is 5.51. The van der Waals surface area contributed by atoms with Gasteiger partial charge in [-0.2, -0.15) is 0 Å². The zero-order valence-electron chi connectivity index (χ0n) is 13.3. The third kappa shape index (κ3) is 4.03. The lowest BCUT2D eigenvalue weighted by Gasteiger charge is -2.17. The summed E-state index contributed by atoms with van der Waals surface area (Å²) in [7, 11) is 1.72. The highest BCUT2D eigenvalue weighted by molar-refractivity contribution is 7.09. The van der Waals surface area contributed by atoms with E-state index in [9.17, 15) is 0 Å². The van der Waals surface area contributed by atoms with E-state index in [0.29, 0.717) is 0 Å². The van der Waals surface area contributed by atoms with Crippen LogP contribution in [0.1, 0.15) is 28.5 Å². The van der Waals surface area contributed by atoms with Gasteiger partial charge in [-0.15, -0.1) is 11.3 Å². The minimum Gasteiger partial charge on any atom is -0.496 e. The van der Waals surface area contributed by atoms with Gasteiger partial charge in [0.1, 0.15) is 18.1 Å². The van der Waals surface area contributed by atoms with Gasteiger partial charge in [-0.3, -0.25) is 0 Å². The molecule has 4 heteroatoms. The lowest BCUT2D eigenvalue weighted by Crippen LogP contribution is -2.82. The Hall–Kier alpha value is -2.04. The highest BCUT2D eigenvalue weighted by Gasteiger charge is 2.21. The van der Waals surface area contributed by atoms with Gasteiger partial charge in [-0.05, 0) is 29.6 Å². The highest BCUT2D eigenvalue weighted by atomic mass is 32.1. The maximum Gasteiger partial charge on any atom is 0.122 e. The summed E-state index contributed by atoms with van der Waals surface area (Å²) in [4.78, 5) is 1.41. The van der Waals surface area contributed by atoms with E-state index in [4.69, 9.17) is 9.15 Å². The molecule has 3 nitrogen and oxygen atoms in total. The van der Waals surface area contributed by atoms with Crippen LogP contribution in [0.3, 0.4) is 0 Å². The van der Waals surface area contributed by atoms with Gasteiger partial charge in [0.15, 0.2) is 0 Å². The van der Waals surface area contributed by atoms with Gasteiger partial charge in [-0.1, -0.05) is 24.3 Å². The van der Waals surface area contributed by atoms with Gasteiger partial charge in [0, 0.05) is 12.0 Å². The molecule has 1 atom stereocenters. The van der Waals surface area contributed by atoms with Crippen LogP contribution in [0, 0.1) is 0 Å². The molecule has 0 unspecified atom stereocenters. The maximum atomic E-state index is 5.69. The predicted octanol–water partition coefficient (Wildman–Crippen LogP) is 3.64. The van der Waals surface area contributed by atoms with E-state index in [2.05, 4.69) is 41.0 Å². The summed E-state index contributed by atoms with van der Waals surface area (Å²) in [5.74, 6) is 2.15. The van der Waals surface area contributed by atoms with Crippen molar-refractivity contribution < 1.29 is 14.5 Å². The normalized spacial score (nSPS) is 12.2. The number of furan rings is 1. The SMILES string of the molecule is COc1ccccc1[C@@H](CC[NH2+]Cc1cccs1)c1ccco1. The summed E-state index contributed by atoms with van der Waals surface area (Å²) in [6.07, 6.45) is 2.76. The molecule has 0 aliphatic heterocycles. The minimum absolute atomic E-state index is 0.223. The fraction of sp³-hybridized carbons (Fsp3) is 0.263. The van der Waals surface area contributed by atoms with Crippen LogP contribution in [0.2, 0.25) is 0 Å². The molecule has 0 radical (unpaired) electrons. The van der Waals surface area contributed by atoms with Gasteiger partial charge in [0.05, 0.1) is 30.7 Å². The molecule has 0 spiro atoms. The molecule has 2 N–H and O–H groups in total. The summed E-state index contributed by atoms with van der Waals surface area (Å²) in [5.41, 5.74) is 1.19. The van der Waals surface area contributed by atoms with Crippen molar-refractivity contribution in [1.29, 1.82) is 0 Å². The second kappa shape index (κ2) is 7.99. The number of para-hydroxylation sites is 1. The van der Waals surface area contributed by atoms with Gasteiger partial charge in [0.2, 0.25) is 0 Å². The number of hydrogen-bond acceptors (Lipinski definition) is 3. The van der Waals surface area contributed by atoms with E-state index in [-0.39, 0.29) is 5.92 Å². The average Bonchev–Trinajstić information content (AvgIpc) is 3.28. The Morgan fingerprint density at radius 2 is 2.04 bits per heavy atom. The monoisotopic (exact) mass is 328 g/mol. The van der Waals surface area contributed by atoms with Crippen molar-refractivity contribution in [3.05, 3.63) is 76.4 Å². The molecule has 2 heterocycles. The summed E-state index contributed by atoms with van der Waals surface area (Å²) >= 11 is 1.81. The second-order valence-corrected chi connectivity index (χ2v) is 6.49. The molecule has 3 aromatic rings. The smallest absolute Gasteiger partial charge is 0.122 e. The summed E-state index contributed by atoms with van der Waals surface area (Å²) < 4.78 is 11.2. The number of quaternary nitrogens is 1. The van der Waals surface area contributed by atoms with Crippen molar-refractivity contribution in [2.45, 2.75) is 18.9 Å². The molecule has 0 aliphatic carbocycles. The van der Waals surface area contributed by atoms with Crippen LogP contribution in [0.4, 0.5) is 0 Å². The zero-order chi connectivity index (χ0) is 15.9. The van der Waals surface area contributed by atoms with Gasteiger partial charge in [0.25, 0.3) is 0 Å². The molecule has 0 fully saturated rings. The first-order chi connectivity index (χ1) is 11.4. The molecule has 23 heavy (non-hydrogen) atoms. The van der Waals surface area contributed by atoms with Crippen LogP contribution in [0.5, 0.6) is 5.75 Å². The largest absolute Gasteiger partial charge is 0.496 e. The molecule has 0 saturated carbocycles. The molecule has 2 aromatic heterocycles. The standard InChI is InChI=1S/C19H21NO2S/c1-21-18-8-3-2-7-16(18)17(19-9-4-12-22-19)10-11-20-14-15-6-5-13-23-15/h2-9,12-13,17,20H,10-11,14H2,1H3/p+1/t17-/m1/s1. The van der Waals surface area contributed by atoms with Gasteiger partial charge >= 0.3 is 0 Å². The Morgan fingerprint density at radius 3 is 2.78 bits per heavy atom. The van der Waals surface area contributed by atoms with E-state index in [1.165, 1.54) is 10.4 Å². The quantitative estimate of drug-likeness (QED) is 0.641. The van der Waals surface area contributed by atoms with E-state index in [1.807, 2.05) is 29.5 Å². The lowest BCUT2D eigenvalue weighted by molar-refractivity contribution is -0.670. The number of methoxy groups -OCH3 is 1. The fourth-order valence-corrected chi connectivity index (χ4v) is 3.56. The first-order valence-corrected chi connectivity index (χ1v) is 8.77. The number of nitrogens with two attached hydrogens (primary N) is 1. The Morgan fingerprint density at radius 1 is 1.13 bits per heavy atom. The molecule has 0 amide bonds. The molecular weight excluding hydrogens is 306 g/mol. The van der Waals surface area contributed by atoms with Gasteiger partial charge in [-0.25, -0.2) is 0 Å². The molecule has 120 valence electrons. The Balaban J connectivity index is 1.69. The number of benzene rings is 1. The van der Waals surface area contributed by atoms with Crippen LogP contribution >= 0.6 is 11.3 Å². The number of hydrogen-bond donors (Lipinski definition) is 1. The molecular formula is C19H22NO2S+. The summed E-state index contributed by atoms with van der Waals surface area (Å²) in [6.45, 7) is 2.08. The third-order valence-corrected chi connectivity index (χ3v) is 4.88. The summed E-state index contributed by atoms with van der Waals surface area (Å²) in [6, 6.07) is 16.5. The van der Waals surface area contributed by atoms with E-state index < -0.39 is 0 Å². The topological polar surface area (TPSA) is 39.0 Å². The Bertz CT molecular complexity index is 692. The molecule has 0 bridgehead atoms. The van der Waals surface area contributed by atoms with Crippen molar-refractivity contribution in [2.24, 2.45) is 0 Å². The molecule has 0 saturated heterocycles. The predicted molar refractivity (Wildman–Crippen MR) is 93.0 cm³/mol. The van der Waals surface area contributed by atoms with E-state index in [1.54, 1.807) is 13.4 Å². The molecule has 0 aliphatic rings. The first kappa shape index (κ1) is 15.8. The van der Waals surface area contributed by atoms with Crippen LogP contribution in [-0.2, 0) is 6.54 Å². The number of ether oxygens (including phenoxy) is 1. The summed E-state index contributed by atoms with van der Waals surface area (Å²) in [5, 5.41) is 4.49. The van der Waals surface area contributed by atoms with Crippen LogP contribution < -0.4 is 10.1 Å². The highest BCUT2D eigenvalue weighted by Crippen LogP contribution is 2.33. The zero-order valence-corrected chi connectivity index (χ0v) is 14.1. The fourth-order valence-electron chi connectivity index (χ4n) is 2.85. The van der Waals surface area contributed by atoms with Crippen molar-refractivity contribution in [3.63, 3.8) is 0 Å². The molecule has 1 aromatic carbocycles. The van der Waals surface area contributed by atoms with Crippen molar-refractivity contribution >= 4 is 11.3 Å². The number of rotatable bonds is 8. The van der Waals surface area contributed by atoms with Gasteiger partial charge < -0.3 is 14.5 Å². The number of thiophene rings is 1. The third-order valence-electron chi connectivity index (χ3n) is 3.99. The van der Waals surface area contributed by atoms with Crippen molar-refractivity contribution in [2.75, 3.05) is 13.7 Å². The molecule has 3 rings (SSSR count). The van der Waals surface area contributed by atoms with Crippen molar-refractivity contribution in [3.8, 4) is 5.75 Å². The Labute approximate surface area is 140 Å². The van der Waals surface area contributed by atoms with Crippen LogP contribution in [0.25, 0.3) is 0 Å². The second-order valence-electron chi connectivity index (χ2n) is 5.46. The lowest BCUT2D eigenvalue weighted by atomic mass is 9.92. The van der Waals surface area contributed by atoms with Crippen molar-refractivity contribution in [1.82, 2.24) is 0 Å². The maximum absolute atomic E-state index is 5.69. The van der Waals surface area contributed by atoms with Crippen LogP contribution in [-0.4, -0.2) is 13.7 Å². The first-order valence-electron chi connectivity index (χ1n) is 7.89. The van der Waals surface area contributed by atoms with Crippen LogP contribution in [0.15, 0.2) is 64.6 Å².